The summed E-state index contributed by atoms with van der Waals surface area (Å²) in [5.41, 5.74) is 0.685. The Morgan fingerprint density at radius 1 is 1.16 bits per heavy atom. The summed E-state index contributed by atoms with van der Waals surface area (Å²) < 4.78 is 13.1. The van der Waals surface area contributed by atoms with Crippen LogP contribution in [0.4, 0.5) is 5.69 Å². The largest absolute Gasteiger partial charge is 0.486 e. The van der Waals surface area contributed by atoms with Gasteiger partial charge in [-0.3, -0.25) is 4.79 Å². The third-order valence-corrected chi connectivity index (χ3v) is 6.33. The van der Waals surface area contributed by atoms with Crippen LogP contribution in [0.3, 0.4) is 0 Å². The summed E-state index contributed by atoms with van der Waals surface area (Å²) in [6.07, 6.45) is 6.58. The van der Waals surface area contributed by atoms with E-state index in [9.17, 15) is 4.79 Å². The van der Waals surface area contributed by atoms with Gasteiger partial charge in [0.15, 0.2) is 16.7 Å². The Hall–Kier alpha value is -2.52. The zero-order chi connectivity index (χ0) is 21.5. The Labute approximate surface area is 187 Å². The number of aromatic nitrogens is 3. The number of benzene rings is 1. The van der Waals surface area contributed by atoms with Crippen molar-refractivity contribution in [2.45, 2.75) is 37.4 Å². The summed E-state index contributed by atoms with van der Waals surface area (Å²) in [5, 5.41) is 12.4. The highest BCUT2D eigenvalue weighted by molar-refractivity contribution is 7.99. The maximum atomic E-state index is 12.5. The van der Waals surface area contributed by atoms with Crippen LogP contribution in [0.1, 0.15) is 25.1 Å². The van der Waals surface area contributed by atoms with Gasteiger partial charge in [-0.2, -0.15) is 0 Å². The Morgan fingerprint density at radius 3 is 2.77 bits per heavy atom. The van der Waals surface area contributed by atoms with E-state index in [1.807, 2.05) is 18.2 Å². The molecule has 8 nitrogen and oxygen atoms in total. The van der Waals surface area contributed by atoms with Gasteiger partial charge in [-0.05, 0) is 38.1 Å². The molecule has 2 aromatic rings. The molecule has 0 atom stereocenters. The maximum absolute atomic E-state index is 12.5. The molecule has 0 aliphatic carbocycles. The average molecular weight is 444 g/mol. The Morgan fingerprint density at radius 2 is 1.97 bits per heavy atom. The highest BCUT2D eigenvalue weighted by Gasteiger charge is 2.17. The normalized spacial score (nSPS) is 16.1. The molecular weight excluding hydrogens is 414 g/mol. The van der Waals surface area contributed by atoms with Gasteiger partial charge in [0, 0.05) is 31.3 Å². The Kier molecular flexibility index (Phi) is 7.48. The van der Waals surface area contributed by atoms with Gasteiger partial charge < -0.3 is 24.3 Å². The van der Waals surface area contributed by atoms with Crippen LogP contribution in [0.15, 0.2) is 36.0 Å². The molecule has 0 spiro atoms. The fourth-order valence-electron chi connectivity index (χ4n) is 3.81. The Balaban J connectivity index is 1.32. The topological polar surface area (TPSA) is 81.5 Å². The number of piperidine rings is 1. The van der Waals surface area contributed by atoms with Crippen LogP contribution in [-0.4, -0.2) is 64.2 Å². The molecule has 0 radical (unpaired) electrons. The molecule has 0 saturated carbocycles. The first-order chi connectivity index (χ1) is 15.2. The van der Waals surface area contributed by atoms with E-state index in [-0.39, 0.29) is 11.7 Å². The molecule has 1 aromatic heterocycles. The van der Waals surface area contributed by atoms with Gasteiger partial charge in [0.1, 0.15) is 19.0 Å². The van der Waals surface area contributed by atoms with Crippen LogP contribution in [0.5, 0.6) is 11.5 Å². The number of anilines is 1. The van der Waals surface area contributed by atoms with Crippen LogP contribution in [0, 0.1) is 0 Å². The van der Waals surface area contributed by atoms with Crippen molar-refractivity contribution in [2.24, 2.45) is 0 Å². The van der Waals surface area contributed by atoms with Crippen LogP contribution >= 0.6 is 11.8 Å². The second-order valence-corrected chi connectivity index (χ2v) is 8.59. The molecule has 0 unspecified atom stereocenters. The molecule has 31 heavy (non-hydrogen) atoms. The second kappa shape index (κ2) is 10.7. The van der Waals surface area contributed by atoms with Gasteiger partial charge in [-0.15, -0.1) is 16.8 Å². The summed E-state index contributed by atoms with van der Waals surface area (Å²) in [4.78, 5) is 15.0. The molecule has 4 rings (SSSR count). The molecule has 2 aliphatic heterocycles. The van der Waals surface area contributed by atoms with Crippen molar-refractivity contribution >= 4 is 23.4 Å². The molecule has 1 amide bonds. The lowest BCUT2D eigenvalue weighted by molar-refractivity contribution is -0.113. The lowest BCUT2D eigenvalue weighted by Gasteiger charge is -2.26. The quantitative estimate of drug-likeness (QED) is 0.471. The molecule has 1 saturated heterocycles. The van der Waals surface area contributed by atoms with Gasteiger partial charge in [-0.25, -0.2) is 0 Å². The number of carbonyl (C=O) groups is 1. The van der Waals surface area contributed by atoms with Gasteiger partial charge in [0.05, 0.1) is 5.75 Å². The number of thioether (sulfide) groups is 1. The van der Waals surface area contributed by atoms with E-state index in [1.54, 1.807) is 6.07 Å². The third kappa shape index (κ3) is 5.80. The summed E-state index contributed by atoms with van der Waals surface area (Å²) in [5.74, 6) is 2.44. The molecule has 166 valence electrons. The minimum absolute atomic E-state index is 0.107. The van der Waals surface area contributed by atoms with Crippen LogP contribution in [0.25, 0.3) is 0 Å². The molecule has 9 heteroatoms. The molecule has 1 aromatic carbocycles. The highest BCUT2D eigenvalue weighted by Crippen LogP contribution is 2.32. The zero-order valence-electron chi connectivity index (χ0n) is 17.7. The van der Waals surface area contributed by atoms with Crippen molar-refractivity contribution in [3.8, 4) is 11.5 Å². The van der Waals surface area contributed by atoms with Crippen LogP contribution < -0.4 is 14.8 Å². The number of rotatable bonds is 9. The first-order valence-corrected chi connectivity index (χ1v) is 11.8. The fraction of sp³-hybridized carbons (Fsp3) is 0.500. The first kappa shape index (κ1) is 21.7. The van der Waals surface area contributed by atoms with Gasteiger partial charge in [0.2, 0.25) is 5.91 Å². The van der Waals surface area contributed by atoms with Crippen molar-refractivity contribution in [3.63, 3.8) is 0 Å². The molecule has 1 fully saturated rings. The van der Waals surface area contributed by atoms with E-state index < -0.39 is 0 Å². The number of likely N-dealkylation sites (tertiary alicyclic amines) is 1. The van der Waals surface area contributed by atoms with Gasteiger partial charge in [-0.1, -0.05) is 24.3 Å². The minimum Gasteiger partial charge on any atom is -0.486 e. The number of nitrogens with zero attached hydrogens (tertiary/aromatic N) is 4. The smallest absolute Gasteiger partial charge is 0.234 e. The Bertz CT molecular complexity index is 911. The number of allylic oxidation sites excluding steroid dienone is 1. The summed E-state index contributed by atoms with van der Waals surface area (Å²) in [7, 11) is 0. The molecule has 0 bridgehead atoms. The van der Waals surface area contributed by atoms with Crippen molar-refractivity contribution in [3.05, 3.63) is 36.7 Å². The second-order valence-electron chi connectivity index (χ2n) is 7.65. The zero-order valence-corrected chi connectivity index (χ0v) is 18.5. The fourth-order valence-corrected chi connectivity index (χ4v) is 4.58. The van der Waals surface area contributed by atoms with Crippen LogP contribution in [0.2, 0.25) is 0 Å². The van der Waals surface area contributed by atoms with E-state index in [0.717, 1.165) is 37.0 Å². The van der Waals surface area contributed by atoms with Crippen molar-refractivity contribution in [1.29, 1.82) is 0 Å². The van der Waals surface area contributed by atoms with Gasteiger partial charge >= 0.3 is 0 Å². The lowest BCUT2D eigenvalue weighted by atomic mass is 10.1. The average Bonchev–Trinajstić information content (AvgIpc) is 3.18. The number of carbonyl (C=O) groups excluding carboxylic acids is 1. The number of nitrogens with one attached hydrogen (secondary N) is 1. The summed E-state index contributed by atoms with van der Waals surface area (Å²) >= 11 is 1.39. The van der Waals surface area contributed by atoms with E-state index in [0.29, 0.717) is 36.9 Å². The third-order valence-electron chi connectivity index (χ3n) is 5.36. The summed E-state index contributed by atoms with van der Waals surface area (Å²) in [6.45, 7) is 8.86. The number of hydrogen-bond donors (Lipinski definition) is 1. The first-order valence-electron chi connectivity index (χ1n) is 10.8. The molecule has 1 N–H and O–H groups in total. The molecule has 3 heterocycles. The van der Waals surface area contributed by atoms with E-state index in [1.165, 1.54) is 31.0 Å². The monoisotopic (exact) mass is 443 g/mol. The minimum atomic E-state index is -0.107. The molecule has 2 aliphatic rings. The van der Waals surface area contributed by atoms with Crippen molar-refractivity contribution in [2.75, 3.05) is 43.9 Å². The SMILES string of the molecule is C=CCn1c(CCN2CCCCC2)nnc1SCC(=O)Nc1ccc2c(c1)OCCO2. The maximum Gasteiger partial charge on any atom is 0.234 e. The van der Waals surface area contributed by atoms with E-state index in [4.69, 9.17) is 9.47 Å². The van der Waals surface area contributed by atoms with E-state index >= 15 is 0 Å². The van der Waals surface area contributed by atoms with Crippen molar-refractivity contribution in [1.82, 2.24) is 19.7 Å². The van der Waals surface area contributed by atoms with Gasteiger partial charge in [0.25, 0.3) is 0 Å². The number of fused-ring (bicyclic) bond motifs is 1. The number of hydrogen-bond acceptors (Lipinski definition) is 7. The number of amides is 1. The van der Waals surface area contributed by atoms with E-state index in [2.05, 4.69) is 31.6 Å². The molecular formula is C22H29N5O3S. The standard InChI is InChI=1S/C22H29N5O3S/c1-2-9-27-20(8-12-26-10-4-3-5-11-26)24-25-22(27)31-16-21(28)23-17-6-7-18-19(15-17)30-14-13-29-18/h2,6-7,15H,1,3-5,8-14,16H2,(H,23,28). The lowest BCUT2D eigenvalue weighted by Crippen LogP contribution is -2.32. The predicted octanol–water partition coefficient (Wildman–Crippen LogP) is 2.99. The highest BCUT2D eigenvalue weighted by atomic mass is 32.2. The van der Waals surface area contributed by atoms with Crippen LogP contribution in [-0.2, 0) is 17.8 Å². The number of ether oxygens (including phenoxy) is 2. The predicted molar refractivity (Wildman–Crippen MR) is 121 cm³/mol. The van der Waals surface area contributed by atoms with Crippen molar-refractivity contribution < 1.29 is 14.3 Å². The summed E-state index contributed by atoms with van der Waals surface area (Å²) in [6, 6.07) is 5.41.